The van der Waals surface area contributed by atoms with Gasteiger partial charge in [-0.3, -0.25) is 6.08 Å². The third kappa shape index (κ3) is 6.47. The maximum Gasteiger partial charge on any atom is 4.00 e. The smallest absolute Gasteiger partial charge is 0.358 e. The van der Waals surface area contributed by atoms with Gasteiger partial charge in [-0.15, -0.1) is 6.92 Å². The predicted molar refractivity (Wildman–Crippen MR) is 189 cm³/mol. The van der Waals surface area contributed by atoms with E-state index < -0.39 is 16.1 Å². The van der Waals surface area contributed by atoms with Gasteiger partial charge in [0.25, 0.3) is 0 Å². The molecule has 1 atom stereocenters. The van der Waals surface area contributed by atoms with Crippen molar-refractivity contribution < 1.29 is 21.7 Å². The monoisotopic (exact) mass is 614 g/mol. The van der Waals surface area contributed by atoms with E-state index in [4.69, 9.17) is 0 Å². The zero-order chi connectivity index (χ0) is 27.5. The van der Waals surface area contributed by atoms with Gasteiger partial charge in [-0.2, -0.15) is 11.1 Å². The fourth-order valence-electron chi connectivity index (χ4n) is 6.78. The Morgan fingerprint density at radius 2 is 1.02 bits per heavy atom. The van der Waals surface area contributed by atoms with Gasteiger partial charge in [-0.05, 0) is 50.2 Å². The molecule has 0 heterocycles. The summed E-state index contributed by atoms with van der Waals surface area (Å²) in [7, 11) is -4.25. The summed E-state index contributed by atoms with van der Waals surface area (Å²) in [5.74, 6) is 0. The van der Waals surface area contributed by atoms with Crippen molar-refractivity contribution >= 4 is 36.9 Å². The molecule has 0 fully saturated rings. The molecule has 3 aromatic rings. The van der Waals surface area contributed by atoms with Crippen LogP contribution in [0.1, 0.15) is 55.5 Å². The normalized spacial score (nSPS) is 16.6. The quantitative estimate of drug-likeness (QED) is 0.154. The van der Waals surface area contributed by atoms with Gasteiger partial charge in [0, 0.05) is 0 Å². The fourth-order valence-corrected chi connectivity index (χ4v) is 14.7. The van der Waals surface area contributed by atoms with Crippen LogP contribution >= 0.6 is 0 Å². The van der Waals surface area contributed by atoms with Crippen LogP contribution < -0.4 is 20.7 Å². The van der Waals surface area contributed by atoms with Gasteiger partial charge in [-0.1, -0.05) is 133 Å². The van der Waals surface area contributed by atoms with Crippen LogP contribution in [-0.2, 0) is 21.7 Å². The van der Waals surface area contributed by atoms with E-state index >= 15 is 0 Å². The number of allylic oxidation sites excluding steroid dienone is 4. The molecule has 218 valence electrons. The first-order chi connectivity index (χ1) is 17.1. The Labute approximate surface area is 271 Å². The van der Waals surface area contributed by atoms with E-state index in [1.807, 2.05) is 0 Å². The van der Waals surface area contributed by atoms with Gasteiger partial charge in [-0.25, -0.2) is 5.57 Å². The summed E-state index contributed by atoms with van der Waals surface area (Å²) in [6.45, 7) is 28.3. The van der Waals surface area contributed by atoms with Crippen LogP contribution in [-0.4, -0.2) is 16.1 Å². The Bertz CT molecular complexity index is 1400. The molecule has 0 aliphatic heterocycles. The zero-order valence-electron chi connectivity index (χ0n) is 28.7. The van der Waals surface area contributed by atoms with Crippen molar-refractivity contribution in [1.29, 1.82) is 0 Å². The van der Waals surface area contributed by atoms with Crippen LogP contribution in [0.5, 0.6) is 0 Å². The summed E-state index contributed by atoms with van der Waals surface area (Å²) >= 11 is 0. The third-order valence-electron chi connectivity index (χ3n) is 9.01. The summed E-state index contributed by atoms with van der Waals surface area (Å²) < 4.78 is 0. The summed E-state index contributed by atoms with van der Waals surface area (Å²) in [5, 5.41) is 5.92. The zero-order valence-corrected chi connectivity index (χ0v) is 32.3. The number of rotatable bonds is 5. The second kappa shape index (κ2) is 13.7. The van der Waals surface area contributed by atoms with Crippen LogP contribution in [0, 0.1) is 63.0 Å². The maximum absolute atomic E-state index is 4.14. The van der Waals surface area contributed by atoms with Crippen molar-refractivity contribution in [2.45, 2.75) is 87.0 Å². The Morgan fingerprint density at radius 1 is 0.585 bits per heavy atom. The molecule has 3 aromatic carbocycles. The van der Waals surface area contributed by atoms with E-state index in [1.165, 1.54) is 60.1 Å². The number of hydrogen-bond donors (Lipinski definition) is 0. The first-order valence-corrected chi connectivity index (χ1v) is 19.2. The van der Waals surface area contributed by atoms with Crippen LogP contribution in [0.15, 0.2) is 71.3 Å². The maximum atomic E-state index is 4.14. The van der Waals surface area contributed by atoms with Crippen LogP contribution in [0.4, 0.5) is 0 Å². The van der Waals surface area contributed by atoms with Gasteiger partial charge in [0.15, 0.2) is 0 Å². The Kier molecular flexibility index (Phi) is 13.1. The predicted octanol–water partition coefficient (Wildman–Crippen LogP) is 8.45. The SMILES string of the molecule is CC1=[C-]C(C)([Si](c2cc(C)cc([Si](C)(C)C)c2)(c2ccc(C)cc2C)c2ccc(C)cc2C)C(C)=C1C.[CH3-].[CH3-].[CH3-].[Ti+4]. The molecule has 0 bridgehead atoms. The molecule has 0 amide bonds. The van der Waals surface area contributed by atoms with Crippen molar-refractivity contribution in [3.05, 3.63) is 127 Å². The van der Waals surface area contributed by atoms with Gasteiger partial charge in [0.1, 0.15) is 8.07 Å². The molecule has 3 heteroatoms. The first-order valence-electron chi connectivity index (χ1n) is 13.7. The standard InChI is InChI=1S/C35H45Si2.3CH3.Ti/c1-23-13-15-33(26(4)17-23)37(34-16-14-24(2)18-27(34)5,35(9)22-28(6)29(7)30(35)8)32-20-25(3)19-31(21-32)36(10,11)12;;;;/h13-21H,1-12H3;3*1H3;/q4*-1;+4. The molecule has 0 N–H and O–H groups in total. The van der Waals surface area contributed by atoms with Crippen LogP contribution in [0.2, 0.25) is 24.7 Å². The second-order valence-corrected chi connectivity index (χ2v) is 22.1. The summed E-state index contributed by atoms with van der Waals surface area (Å²) in [6.07, 6.45) is 4.14. The molecule has 0 aromatic heterocycles. The van der Waals surface area contributed by atoms with Crippen LogP contribution in [0.3, 0.4) is 0 Å². The fraction of sp³-hybridized carbons (Fsp3) is 0.342. The van der Waals surface area contributed by atoms with Gasteiger partial charge in [0.05, 0.1) is 8.07 Å². The molecule has 1 unspecified atom stereocenters. The summed E-state index contributed by atoms with van der Waals surface area (Å²) in [4.78, 5) is 0. The van der Waals surface area contributed by atoms with Gasteiger partial charge >= 0.3 is 21.7 Å². The van der Waals surface area contributed by atoms with Crippen molar-refractivity contribution in [2.24, 2.45) is 0 Å². The van der Waals surface area contributed by atoms with E-state index in [-0.39, 0.29) is 49.0 Å². The Balaban J connectivity index is 0.00000400. The molecule has 4 rings (SSSR count). The van der Waals surface area contributed by atoms with E-state index in [0.717, 1.165) is 0 Å². The molecular weight excluding hydrogens is 560 g/mol. The molecule has 0 radical (unpaired) electrons. The van der Waals surface area contributed by atoms with E-state index in [9.17, 15) is 0 Å². The third-order valence-corrected chi connectivity index (χ3v) is 16.9. The molecule has 0 saturated carbocycles. The van der Waals surface area contributed by atoms with Crippen molar-refractivity contribution in [3.8, 4) is 0 Å². The minimum Gasteiger partial charge on any atom is -0.358 e. The van der Waals surface area contributed by atoms with E-state index in [1.54, 1.807) is 5.19 Å². The van der Waals surface area contributed by atoms with Gasteiger partial charge < -0.3 is 22.3 Å². The molecule has 41 heavy (non-hydrogen) atoms. The van der Waals surface area contributed by atoms with Crippen molar-refractivity contribution in [2.75, 3.05) is 0 Å². The number of hydrogen-bond acceptors (Lipinski definition) is 0. The van der Waals surface area contributed by atoms with Crippen molar-refractivity contribution in [3.63, 3.8) is 0 Å². The molecule has 0 nitrogen and oxygen atoms in total. The molecule has 1 aliphatic rings. The molecular formula is C38H54Si2Ti. The number of aryl methyl sites for hydroxylation is 5. The van der Waals surface area contributed by atoms with Crippen LogP contribution in [0.25, 0.3) is 0 Å². The average Bonchev–Trinajstić information content (AvgIpc) is 2.99. The summed E-state index contributed by atoms with van der Waals surface area (Å²) in [6, 6.07) is 22.0. The average molecular weight is 615 g/mol. The van der Waals surface area contributed by atoms with Gasteiger partial charge in [0.2, 0.25) is 0 Å². The minimum absolute atomic E-state index is 0. The Hall–Kier alpha value is -1.71. The molecule has 1 aliphatic carbocycles. The largest absolute Gasteiger partial charge is 4.00 e. The van der Waals surface area contributed by atoms with Crippen molar-refractivity contribution in [1.82, 2.24) is 0 Å². The summed E-state index contributed by atoms with van der Waals surface area (Å²) in [5.41, 5.74) is 11.0. The minimum atomic E-state index is -2.71. The number of benzene rings is 3. The molecule has 0 spiro atoms. The first kappa shape index (κ1) is 39.3. The molecule has 0 saturated heterocycles. The van der Waals surface area contributed by atoms with E-state index in [2.05, 4.69) is 143 Å². The van der Waals surface area contributed by atoms with E-state index in [0.29, 0.717) is 0 Å². The topological polar surface area (TPSA) is 0 Å². The second-order valence-electron chi connectivity index (χ2n) is 12.8. The Morgan fingerprint density at radius 3 is 1.39 bits per heavy atom.